The number of esters is 1. The number of ether oxygens (including phenoxy) is 5. The number of halogens is 1. The van der Waals surface area contributed by atoms with E-state index in [2.05, 4.69) is 0 Å². The highest BCUT2D eigenvalue weighted by Gasteiger charge is 2.29. The molecular weight excluding hydrogens is 500 g/mol. The van der Waals surface area contributed by atoms with Crippen LogP contribution in [0.25, 0.3) is 0 Å². The molecule has 198 valence electrons. The smallest absolute Gasteiger partial charge is 0.342 e. The molecule has 3 aromatic carbocycles. The van der Waals surface area contributed by atoms with Gasteiger partial charge >= 0.3 is 5.97 Å². The first-order chi connectivity index (χ1) is 17.6. The highest BCUT2D eigenvalue weighted by atomic mass is 35.5. The highest BCUT2D eigenvalue weighted by Crippen LogP contribution is 2.49. The van der Waals surface area contributed by atoms with Crippen molar-refractivity contribution in [1.82, 2.24) is 0 Å². The van der Waals surface area contributed by atoms with Crippen LogP contribution < -0.4 is 18.9 Å². The number of methoxy groups -OCH3 is 3. The van der Waals surface area contributed by atoms with E-state index in [4.69, 9.17) is 35.3 Å². The van der Waals surface area contributed by atoms with Gasteiger partial charge in [0, 0.05) is 32.8 Å². The predicted octanol–water partition coefficient (Wildman–Crippen LogP) is 5.95. The summed E-state index contributed by atoms with van der Waals surface area (Å²) in [7, 11) is 4.28. The number of aromatic hydroxyl groups is 1. The third-order valence-corrected chi connectivity index (χ3v) is 6.52. The summed E-state index contributed by atoms with van der Waals surface area (Å²) in [6.07, 6.45) is 0. The number of hydrogen-bond donors (Lipinski definition) is 2. The Labute approximate surface area is 221 Å². The fourth-order valence-electron chi connectivity index (χ4n) is 4.22. The fourth-order valence-corrected chi connectivity index (χ4v) is 4.34. The first kappa shape index (κ1) is 28.0. The summed E-state index contributed by atoms with van der Waals surface area (Å²) in [5.41, 5.74) is 3.14. The third-order valence-electron chi connectivity index (χ3n) is 6.26. The van der Waals surface area contributed by atoms with Gasteiger partial charge in [-0.2, -0.15) is 0 Å². The van der Waals surface area contributed by atoms with Crippen LogP contribution in [0.4, 0.5) is 0 Å². The maximum absolute atomic E-state index is 12.9. The van der Waals surface area contributed by atoms with Crippen LogP contribution in [-0.2, 0) is 18.0 Å². The minimum absolute atomic E-state index is 0.0289. The number of phenols is 1. The summed E-state index contributed by atoms with van der Waals surface area (Å²) in [4.78, 5) is 12.9. The Morgan fingerprint density at radius 3 is 1.95 bits per heavy atom. The lowest BCUT2D eigenvalue weighted by Crippen LogP contribution is -2.11. The Morgan fingerprint density at radius 1 is 0.811 bits per heavy atom. The molecule has 3 aromatic rings. The molecule has 0 spiro atoms. The molecular formula is C28H31ClO8. The van der Waals surface area contributed by atoms with Crippen LogP contribution in [-0.4, -0.2) is 37.5 Å². The second-order valence-corrected chi connectivity index (χ2v) is 8.86. The lowest BCUT2D eigenvalue weighted by molar-refractivity contribution is 0.0593. The normalized spacial score (nSPS) is 10.7. The molecule has 0 amide bonds. The van der Waals surface area contributed by atoms with Crippen LogP contribution in [0.15, 0.2) is 24.3 Å². The monoisotopic (exact) mass is 530 g/mol. The molecule has 0 aliphatic heterocycles. The first-order valence-electron chi connectivity index (χ1n) is 11.4. The van der Waals surface area contributed by atoms with Crippen LogP contribution in [0.5, 0.6) is 34.5 Å². The van der Waals surface area contributed by atoms with Gasteiger partial charge in [-0.1, -0.05) is 23.7 Å². The number of carbonyl (C=O) groups excluding carboxylic acids is 1. The molecule has 0 fully saturated rings. The molecule has 0 unspecified atom stereocenters. The van der Waals surface area contributed by atoms with Gasteiger partial charge in [0.2, 0.25) is 0 Å². The topological polar surface area (TPSA) is 104 Å². The Morgan fingerprint density at radius 2 is 1.41 bits per heavy atom. The van der Waals surface area contributed by atoms with E-state index in [0.717, 1.165) is 5.56 Å². The molecule has 0 aliphatic rings. The zero-order chi connectivity index (χ0) is 27.4. The molecule has 9 heteroatoms. The summed E-state index contributed by atoms with van der Waals surface area (Å²) in [5.74, 6) is 0.507. The van der Waals surface area contributed by atoms with Crippen molar-refractivity contribution in [1.29, 1.82) is 0 Å². The molecule has 0 aromatic heterocycles. The molecule has 8 nitrogen and oxygen atoms in total. The Balaban J connectivity index is 2.18. The Kier molecular flexibility index (Phi) is 8.78. The second kappa shape index (κ2) is 11.6. The van der Waals surface area contributed by atoms with Crippen LogP contribution in [0.1, 0.15) is 43.7 Å². The van der Waals surface area contributed by atoms with Crippen molar-refractivity contribution in [2.75, 3.05) is 21.3 Å². The Bertz CT molecular complexity index is 1320. The molecule has 0 saturated carbocycles. The third kappa shape index (κ3) is 5.26. The number of hydrogen-bond acceptors (Lipinski definition) is 8. The largest absolute Gasteiger partial charge is 0.504 e. The van der Waals surface area contributed by atoms with Gasteiger partial charge in [0.1, 0.15) is 23.7 Å². The summed E-state index contributed by atoms with van der Waals surface area (Å²) >= 11 is 5.96. The van der Waals surface area contributed by atoms with Gasteiger partial charge in [-0.15, -0.1) is 0 Å². The summed E-state index contributed by atoms with van der Waals surface area (Å²) in [6, 6.07) is 7.08. The van der Waals surface area contributed by atoms with Crippen molar-refractivity contribution in [3.05, 3.63) is 68.2 Å². The number of benzene rings is 3. The standard InChI is InChI=1S/C28H31ClO8/c1-14-20(12-30)23(17(4)27(34-6)26(14)33-5)37-25-15(2)21(28(32)35-7)24(16(3)22(25)31)36-13-18-8-10-19(29)11-9-18/h8-11,30-31H,12-13H2,1-7H3. The van der Waals surface area contributed by atoms with Crippen molar-refractivity contribution >= 4 is 17.6 Å². The van der Waals surface area contributed by atoms with Gasteiger partial charge in [-0.25, -0.2) is 4.79 Å². The van der Waals surface area contributed by atoms with E-state index in [1.165, 1.54) is 21.3 Å². The molecule has 2 N–H and O–H groups in total. The molecule has 3 rings (SSSR count). The zero-order valence-electron chi connectivity index (χ0n) is 21.9. The average Bonchev–Trinajstić information content (AvgIpc) is 2.89. The van der Waals surface area contributed by atoms with Gasteiger partial charge in [0.05, 0.1) is 27.9 Å². The minimum atomic E-state index is -0.654. The van der Waals surface area contributed by atoms with Gasteiger partial charge in [0.25, 0.3) is 0 Å². The second-order valence-electron chi connectivity index (χ2n) is 8.42. The van der Waals surface area contributed by atoms with Crippen molar-refractivity contribution in [3.8, 4) is 34.5 Å². The molecule has 0 heterocycles. The number of carbonyl (C=O) groups is 1. The van der Waals surface area contributed by atoms with E-state index in [1.807, 2.05) is 0 Å². The molecule has 0 radical (unpaired) electrons. The molecule has 0 aliphatic carbocycles. The van der Waals surface area contributed by atoms with E-state index >= 15 is 0 Å². The maximum Gasteiger partial charge on any atom is 0.342 e. The lowest BCUT2D eigenvalue weighted by atomic mass is 9.99. The van der Waals surface area contributed by atoms with E-state index in [0.29, 0.717) is 38.8 Å². The van der Waals surface area contributed by atoms with E-state index in [9.17, 15) is 15.0 Å². The number of aliphatic hydroxyl groups is 1. The zero-order valence-corrected chi connectivity index (χ0v) is 22.7. The molecule has 0 saturated heterocycles. The van der Waals surface area contributed by atoms with Crippen molar-refractivity contribution in [2.24, 2.45) is 0 Å². The number of rotatable bonds is 9. The average molecular weight is 531 g/mol. The molecule has 0 atom stereocenters. The highest BCUT2D eigenvalue weighted by molar-refractivity contribution is 6.30. The Hall–Kier alpha value is -3.62. The quantitative estimate of drug-likeness (QED) is 0.327. The first-order valence-corrected chi connectivity index (χ1v) is 11.8. The minimum Gasteiger partial charge on any atom is -0.504 e. The maximum atomic E-state index is 12.9. The number of phenolic OH excluding ortho intramolecular Hbond substituents is 1. The van der Waals surface area contributed by atoms with Crippen LogP contribution >= 0.6 is 11.6 Å². The van der Waals surface area contributed by atoms with Crippen molar-refractivity contribution in [2.45, 2.75) is 40.9 Å². The van der Waals surface area contributed by atoms with E-state index in [-0.39, 0.29) is 47.3 Å². The number of aliphatic hydroxyl groups excluding tert-OH is 1. The SMILES string of the molecule is COC(=O)c1c(C)c(Oc2c(C)c(OC)c(OC)c(C)c2CO)c(O)c(C)c1OCc1ccc(Cl)cc1. The van der Waals surface area contributed by atoms with Crippen LogP contribution in [0.3, 0.4) is 0 Å². The van der Waals surface area contributed by atoms with Gasteiger partial charge < -0.3 is 33.9 Å². The van der Waals surface area contributed by atoms with Gasteiger partial charge in [0.15, 0.2) is 23.0 Å². The van der Waals surface area contributed by atoms with Gasteiger partial charge in [-0.05, 0) is 45.4 Å². The van der Waals surface area contributed by atoms with Crippen LogP contribution in [0, 0.1) is 27.7 Å². The fraction of sp³-hybridized carbons (Fsp3) is 0.321. The van der Waals surface area contributed by atoms with E-state index in [1.54, 1.807) is 52.0 Å². The molecule has 37 heavy (non-hydrogen) atoms. The summed E-state index contributed by atoms with van der Waals surface area (Å²) < 4.78 is 28.3. The van der Waals surface area contributed by atoms with Gasteiger partial charge in [-0.3, -0.25) is 0 Å². The predicted molar refractivity (Wildman–Crippen MR) is 140 cm³/mol. The van der Waals surface area contributed by atoms with E-state index < -0.39 is 5.97 Å². The summed E-state index contributed by atoms with van der Waals surface area (Å²) in [5, 5.41) is 21.9. The summed E-state index contributed by atoms with van der Waals surface area (Å²) in [6.45, 7) is 6.53. The van der Waals surface area contributed by atoms with Crippen LogP contribution in [0.2, 0.25) is 5.02 Å². The van der Waals surface area contributed by atoms with Crippen molar-refractivity contribution < 1.29 is 38.7 Å². The lowest BCUT2D eigenvalue weighted by Gasteiger charge is -2.24. The molecule has 0 bridgehead atoms. The van der Waals surface area contributed by atoms with Crippen molar-refractivity contribution in [3.63, 3.8) is 0 Å².